The van der Waals surface area contributed by atoms with Crippen LogP contribution in [0.1, 0.15) is 17.0 Å². The maximum Gasteiger partial charge on any atom is 0.110 e. The molecule has 1 aromatic heterocycles. The van der Waals surface area contributed by atoms with E-state index in [1.807, 2.05) is 42.8 Å². The molecule has 0 aliphatic rings. The molecule has 0 saturated heterocycles. The van der Waals surface area contributed by atoms with Crippen LogP contribution in [0.5, 0.6) is 0 Å². The van der Waals surface area contributed by atoms with Crippen LogP contribution < -0.4 is 0 Å². The lowest BCUT2D eigenvalue weighted by Gasteiger charge is -2.08. The Morgan fingerprint density at radius 2 is 2.13 bits per heavy atom. The summed E-state index contributed by atoms with van der Waals surface area (Å²) in [6.45, 7) is 3.95. The monoisotopic (exact) mass is 197 g/mol. The van der Waals surface area contributed by atoms with Gasteiger partial charge >= 0.3 is 0 Å². The molecule has 0 N–H and O–H groups in total. The third-order valence-corrected chi connectivity index (χ3v) is 2.41. The van der Waals surface area contributed by atoms with E-state index in [9.17, 15) is 0 Å². The molecule has 0 aliphatic heterocycles. The maximum absolute atomic E-state index is 8.77. The van der Waals surface area contributed by atoms with Crippen LogP contribution in [0, 0.1) is 25.2 Å². The van der Waals surface area contributed by atoms with Crippen molar-refractivity contribution >= 4 is 0 Å². The number of imidazole rings is 1. The molecule has 15 heavy (non-hydrogen) atoms. The van der Waals surface area contributed by atoms with E-state index >= 15 is 0 Å². The molecule has 74 valence electrons. The number of nitriles is 1. The molecule has 0 aliphatic carbocycles. The maximum atomic E-state index is 8.77. The highest BCUT2D eigenvalue weighted by atomic mass is 15.1. The third kappa shape index (κ3) is 1.62. The predicted molar refractivity (Wildman–Crippen MR) is 57.8 cm³/mol. The van der Waals surface area contributed by atoms with Gasteiger partial charge in [0, 0.05) is 18.1 Å². The van der Waals surface area contributed by atoms with Gasteiger partial charge in [0.1, 0.15) is 5.82 Å². The number of aromatic nitrogens is 2. The summed E-state index contributed by atoms with van der Waals surface area (Å²) < 4.78 is 2.01. The topological polar surface area (TPSA) is 41.6 Å². The summed E-state index contributed by atoms with van der Waals surface area (Å²) >= 11 is 0. The molecule has 3 nitrogen and oxygen atoms in total. The Hall–Kier alpha value is -2.08. The van der Waals surface area contributed by atoms with Crippen molar-refractivity contribution in [2.45, 2.75) is 13.8 Å². The van der Waals surface area contributed by atoms with Crippen molar-refractivity contribution in [2.75, 3.05) is 0 Å². The number of rotatable bonds is 1. The van der Waals surface area contributed by atoms with Crippen molar-refractivity contribution in [1.82, 2.24) is 9.55 Å². The van der Waals surface area contributed by atoms with Gasteiger partial charge in [0.05, 0.1) is 11.6 Å². The van der Waals surface area contributed by atoms with Crippen LogP contribution in [0.15, 0.2) is 30.6 Å². The van der Waals surface area contributed by atoms with E-state index in [1.54, 1.807) is 6.20 Å². The summed E-state index contributed by atoms with van der Waals surface area (Å²) in [5, 5.41) is 8.77. The fraction of sp³-hybridized carbons (Fsp3) is 0.167. The Morgan fingerprint density at radius 1 is 1.33 bits per heavy atom. The van der Waals surface area contributed by atoms with Gasteiger partial charge in [0.15, 0.2) is 0 Å². The number of hydrogen-bond acceptors (Lipinski definition) is 2. The van der Waals surface area contributed by atoms with Gasteiger partial charge in [-0.3, -0.25) is 0 Å². The van der Waals surface area contributed by atoms with Crippen molar-refractivity contribution in [1.29, 1.82) is 5.26 Å². The highest BCUT2D eigenvalue weighted by Crippen LogP contribution is 2.16. The molecule has 1 heterocycles. The molecule has 1 aromatic carbocycles. The van der Waals surface area contributed by atoms with E-state index < -0.39 is 0 Å². The lowest BCUT2D eigenvalue weighted by Crippen LogP contribution is -1.98. The average Bonchev–Trinajstić information content (AvgIpc) is 2.64. The lowest BCUT2D eigenvalue weighted by atomic mass is 10.1. The molecule has 0 spiro atoms. The van der Waals surface area contributed by atoms with Gasteiger partial charge in [0.25, 0.3) is 0 Å². The first-order valence-corrected chi connectivity index (χ1v) is 4.73. The van der Waals surface area contributed by atoms with Gasteiger partial charge in [-0.1, -0.05) is 0 Å². The molecule has 0 atom stereocenters. The molecule has 3 heteroatoms. The van der Waals surface area contributed by atoms with Gasteiger partial charge in [-0.15, -0.1) is 0 Å². The van der Waals surface area contributed by atoms with E-state index in [-0.39, 0.29) is 0 Å². The first kappa shape index (κ1) is 9.47. The molecular formula is C12H11N3. The first-order chi connectivity index (χ1) is 7.22. The highest BCUT2D eigenvalue weighted by Gasteiger charge is 2.04. The summed E-state index contributed by atoms with van der Waals surface area (Å²) in [4.78, 5) is 4.17. The zero-order chi connectivity index (χ0) is 10.8. The summed E-state index contributed by atoms with van der Waals surface area (Å²) in [6, 6.07) is 7.78. The second-order valence-corrected chi connectivity index (χ2v) is 3.46. The molecule has 2 rings (SSSR count). The van der Waals surface area contributed by atoms with Crippen molar-refractivity contribution in [3.05, 3.63) is 47.5 Å². The van der Waals surface area contributed by atoms with Crippen molar-refractivity contribution in [2.24, 2.45) is 0 Å². The zero-order valence-corrected chi connectivity index (χ0v) is 8.73. The second-order valence-electron chi connectivity index (χ2n) is 3.46. The molecule has 0 radical (unpaired) electrons. The number of aryl methyl sites for hydroxylation is 2. The summed E-state index contributed by atoms with van der Waals surface area (Å²) in [5.74, 6) is 0.947. The highest BCUT2D eigenvalue weighted by molar-refractivity contribution is 5.46. The van der Waals surface area contributed by atoms with Crippen molar-refractivity contribution < 1.29 is 0 Å². The van der Waals surface area contributed by atoms with Gasteiger partial charge in [0.2, 0.25) is 0 Å². The Bertz CT molecular complexity index is 532. The summed E-state index contributed by atoms with van der Waals surface area (Å²) in [7, 11) is 0. The minimum atomic E-state index is 0.689. The molecule has 0 bridgehead atoms. The fourth-order valence-corrected chi connectivity index (χ4v) is 1.63. The van der Waals surface area contributed by atoms with Crippen LogP contribution in [0.25, 0.3) is 5.69 Å². The van der Waals surface area contributed by atoms with Gasteiger partial charge < -0.3 is 4.57 Å². The Morgan fingerprint density at radius 3 is 2.67 bits per heavy atom. The van der Waals surface area contributed by atoms with Crippen LogP contribution >= 0.6 is 0 Å². The van der Waals surface area contributed by atoms with E-state index in [0.29, 0.717) is 5.56 Å². The van der Waals surface area contributed by atoms with E-state index in [0.717, 1.165) is 17.1 Å². The normalized spacial score (nSPS) is 9.93. The second kappa shape index (κ2) is 3.58. The van der Waals surface area contributed by atoms with Gasteiger partial charge in [-0.05, 0) is 37.6 Å². The molecular weight excluding hydrogens is 186 g/mol. The smallest absolute Gasteiger partial charge is 0.110 e. The largest absolute Gasteiger partial charge is 0.304 e. The fourth-order valence-electron chi connectivity index (χ4n) is 1.63. The van der Waals surface area contributed by atoms with Crippen molar-refractivity contribution in [3.8, 4) is 11.8 Å². The lowest BCUT2D eigenvalue weighted by molar-refractivity contribution is 0.964. The van der Waals surface area contributed by atoms with E-state index in [2.05, 4.69) is 11.1 Å². The SMILES string of the molecule is Cc1cc(C#N)ccc1-n1ccnc1C. The van der Waals surface area contributed by atoms with Gasteiger partial charge in [-0.25, -0.2) is 4.98 Å². The van der Waals surface area contributed by atoms with E-state index in [4.69, 9.17) is 5.26 Å². The van der Waals surface area contributed by atoms with Crippen LogP contribution in [-0.4, -0.2) is 9.55 Å². The zero-order valence-electron chi connectivity index (χ0n) is 8.73. The van der Waals surface area contributed by atoms with Crippen LogP contribution in [0.3, 0.4) is 0 Å². The quantitative estimate of drug-likeness (QED) is 0.704. The van der Waals surface area contributed by atoms with Crippen molar-refractivity contribution in [3.63, 3.8) is 0 Å². The molecule has 2 aromatic rings. The Labute approximate surface area is 88.6 Å². The molecule has 0 amide bonds. The molecule has 0 saturated carbocycles. The third-order valence-electron chi connectivity index (χ3n) is 2.41. The van der Waals surface area contributed by atoms with E-state index in [1.165, 1.54) is 0 Å². The minimum absolute atomic E-state index is 0.689. The summed E-state index contributed by atoms with van der Waals surface area (Å²) in [5.41, 5.74) is 2.84. The average molecular weight is 197 g/mol. The summed E-state index contributed by atoms with van der Waals surface area (Å²) in [6.07, 6.45) is 3.69. The van der Waals surface area contributed by atoms with Crippen LogP contribution in [0.4, 0.5) is 0 Å². The number of nitrogens with zero attached hydrogens (tertiary/aromatic N) is 3. The van der Waals surface area contributed by atoms with Crippen LogP contribution in [0.2, 0.25) is 0 Å². The Kier molecular flexibility index (Phi) is 2.26. The number of benzene rings is 1. The first-order valence-electron chi connectivity index (χ1n) is 4.73. The standard InChI is InChI=1S/C12H11N3/c1-9-7-11(8-13)3-4-12(9)15-6-5-14-10(15)2/h3-7H,1-2H3. The number of hydrogen-bond donors (Lipinski definition) is 0. The van der Waals surface area contributed by atoms with Crippen LogP contribution in [-0.2, 0) is 0 Å². The predicted octanol–water partition coefficient (Wildman–Crippen LogP) is 2.36. The minimum Gasteiger partial charge on any atom is -0.304 e. The molecule has 0 unspecified atom stereocenters. The molecule has 0 fully saturated rings. The Balaban J connectivity index is 2.56. The van der Waals surface area contributed by atoms with Gasteiger partial charge in [-0.2, -0.15) is 5.26 Å².